The molecule has 106 valence electrons. The van der Waals surface area contributed by atoms with Crippen molar-refractivity contribution in [1.29, 1.82) is 0 Å². The fourth-order valence-corrected chi connectivity index (χ4v) is 3.02. The molecule has 2 nitrogen and oxygen atoms in total. The van der Waals surface area contributed by atoms with Crippen LogP contribution in [-0.4, -0.2) is 16.8 Å². The smallest absolute Gasteiger partial charge is 0.115 e. The van der Waals surface area contributed by atoms with Crippen molar-refractivity contribution in [3.63, 3.8) is 0 Å². The first-order valence-electron chi connectivity index (χ1n) is 7.12. The standard InChI is InChI=1S/C19H18O2/c1-19(2)17-11-13(5-3-4-10-20)6-8-15(17)16-9-7-14(21)12-18(16)19/h6-9,11-12,20-21H,4,10H2,1-2H3. The van der Waals surface area contributed by atoms with Gasteiger partial charge in [0.25, 0.3) is 0 Å². The number of aromatic hydroxyl groups is 1. The Balaban J connectivity index is 2.12. The van der Waals surface area contributed by atoms with E-state index in [0.717, 1.165) is 11.1 Å². The molecule has 2 N–H and O–H groups in total. The van der Waals surface area contributed by atoms with Crippen LogP contribution in [0.15, 0.2) is 36.4 Å². The van der Waals surface area contributed by atoms with Crippen molar-refractivity contribution in [2.24, 2.45) is 0 Å². The molecule has 0 saturated heterocycles. The van der Waals surface area contributed by atoms with Gasteiger partial charge in [0.05, 0.1) is 6.61 Å². The molecule has 0 amide bonds. The van der Waals surface area contributed by atoms with Crippen molar-refractivity contribution in [3.8, 4) is 28.7 Å². The average molecular weight is 278 g/mol. The van der Waals surface area contributed by atoms with Gasteiger partial charge in [-0.25, -0.2) is 0 Å². The molecule has 2 aromatic rings. The first kappa shape index (κ1) is 13.7. The van der Waals surface area contributed by atoms with Crippen molar-refractivity contribution in [1.82, 2.24) is 0 Å². The quantitative estimate of drug-likeness (QED) is 0.785. The largest absolute Gasteiger partial charge is 0.508 e. The Hall–Kier alpha value is -2.24. The summed E-state index contributed by atoms with van der Waals surface area (Å²) in [6, 6.07) is 11.8. The fraction of sp³-hybridized carbons (Fsp3) is 0.263. The van der Waals surface area contributed by atoms with Crippen LogP contribution in [-0.2, 0) is 5.41 Å². The summed E-state index contributed by atoms with van der Waals surface area (Å²) in [5.41, 5.74) is 5.60. The zero-order valence-corrected chi connectivity index (χ0v) is 12.3. The van der Waals surface area contributed by atoms with Crippen LogP contribution in [0.1, 0.15) is 37.0 Å². The summed E-state index contributed by atoms with van der Waals surface area (Å²) < 4.78 is 0. The van der Waals surface area contributed by atoms with Gasteiger partial charge in [0.2, 0.25) is 0 Å². The Kier molecular flexibility index (Phi) is 3.23. The van der Waals surface area contributed by atoms with E-state index in [2.05, 4.69) is 37.8 Å². The van der Waals surface area contributed by atoms with E-state index in [9.17, 15) is 5.11 Å². The van der Waals surface area contributed by atoms with Crippen molar-refractivity contribution in [2.75, 3.05) is 6.61 Å². The van der Waals surface area contributed by atoms with E-state index in [1.54, 1.807) is 6.07 Å². The monoisotopic (exact) mass is 278 g/mol. The maximum atomic E-state index is 9.76. The molecule has 0 atom stereocenters. The van der Waals surface area contributed by atoms with Gasteiger partial charge < -0.3 is 10.2 Å². The van der Waals surface area contributed by atoms with Gasteiger partial charge in [0.1, 0.15) is 5.75 Å². The van der Waals surface area contributed by atoms with Gasteiger partial charge in [-0.3, -0.25) is 0 Å². The molecule has 0 heterocycles. The van der Waals surface area contributed by atoms with Gasteiger partial charge >= 0.3 is 0 Å². The highest BCUT2D eigenvalue weighted by atomic mass is 16.3. The lowest BCUT2D eigenvalue weighted by atomic mass is 9.82. The zero-order valence-electron chi connectivity index (χ0n) is 12.3. The molecule has 0 fully saturated rings. The summed E-state index contributed by atoms with van der Waals surface area (Å²) in [5.74, 6) is 6.36. The molecule has 21 heavy (non-hydrogen) atoms. The highest BCUT2D eigenvalue weighted by molar-refractivity contribution is 5.81. The molecule has 3 rings (SSSR count). The second kappa shape index (κ2) is 4.95. The van der Waals surface area contributed by atoms with Crippen molar-refractivity contribution < 1.29 is 10.2 Å². The molecule has 1 aliphatic rings. The van der Waals surface area contributed by atoms with Crippen molar-refractivity contribution >= 4 is 0 Å². The van der Waals surface area contributed by atoms with E-state index in [0.29, 0.717) is 12.2 Å². The number of benzene rings is 2. The summed E-state index contributed by atoms with van der Waals surface area (Å²) in [5, 5.41) is 18.6. The number of aliphatic hydroxyl groups is 1. The number of hydrogen-bond donors (Lipinski definition) is 2. The van der Waals surface area contributed by atoms with Gasteiger partial charge in [-0.1, -0.05) is 37.8 Å². The molecule has 2 aromatic carbocycles. The van der Waals surface area contributed by atoms with E-state index in [1.165, 1.54) is 16.7 Å². The second-order valence-electron chi connectivity index (χ2n) is 5.89. The van der Waals surface area contributed by atoms with Gasteiger partial charge in [-0.15, -0.1) is 0 Å². The van der Waals surface area contributed by atoms with E-state index in [4.69, 9.17) is 5.11 Å². The fourth-order valence-electron chi connectivity index (χ4n) is 3.02. The number of fused-ring (bicyclic) bond motifs is 3. The first-order valence-corrected chi connectivity index (χ1v) is 7.12. The summed E-state index contributed by atoms with van der Waals surface area (Å²) in [6.45, 7) is 4.43. The molecule has 1 aliphatic carbocycles. The highest BCUT2D eigenvalue weighted by Crippen LogP contribution is 2.49. The maximum Gasteiger partial charge on any atom is 0.115 e. The molecule has 0 saturated carbocycles. The summed E-state index contributed by atoms with van der Waals surface area (Å²) >= 11 is 0. The summed E-state index contributed by atoms with van der Waals surface area (Å²) in [7, 11) is 0. The predicted molar refractivity (Wildman–Crippen MR) is 84.3 cm³/mol. The lowest BCUT2D eigenvalue weighted by Crippen LogP contribution is -2.15. The number of aliphatic hydroxyl groups excluding tert-OH is 1. The molecule has 0 radical (unpaired) electrons. The molecule has 0 unspecified atom stereocenters. The second-order valence-corrected chi connectivity index (χ2v) is 5.89. The van der Waals surface area contributed by atoms with Crippen LogP contribution in [0.2, 0.25) is 0 Å². The maximum absolute atomic E-state index is 9.76. The molecule has 0 aromatic heterocycles. The lowest BCUT2D eigenvalue weighted by molar-refractivity contribution is 0.305. The lowest BCUT2D eigenvalue weighted by Gasteiger charge is -2.21. The molecule has 0 aliphatic heterocycles. The minimum absolute atomic E-state index is 0.0914. The molecular formula is C19H18O2. The Morgan fingerprint density at radius 3 is 2.38 bits per heavy atom. The van der Waals surface area contributed by atoms with E-state index >= 15 is 0 Å². The third kappa shape index (κ3) is 2.20. The van der Waals surface area contributed by atoms with Crippen LogP contribution in [0, 0.1) is 11.8 Å². The number of rotatable bonds is 1. The van der Waals surface area contributed by atoms with Gasteiger partial charge in [0.15, 0.2) is 0 Å². The minimum atomic E-state index is -0.141. The van der Waals surface area contributed by atoms with Crippen LogP contribution >= 0.6 is 0 Å². The SMILES string of the molecule is CC1(C)c2cc(O)ccc2-c2ccc(C#CCCO)cc21. The van der Waals surface area contributed by atoms with Crippen LogP contribution in [0.4, 0.5) is 0 Å². The van der Waals surface area contributed by atoms with Gasteiger partial charge in [-0.2, -0.15) is 0 Å². The van der Waals surface area contributed by atoms with Gasteiger partial charge in [-0.05, 0) is 46.5 Å². The summed E-state index contributed by atoms with van der Waals surface area (Å²) in [4.78, 5) is 0. The molecular weight excluding hydrogens is 260 g/mol. The number of phenols is 1. The van der Waals surface area contributed by atoms with Gasteiger partial charge in [0, 0.05) is 17.4 Å². The first-order chi connectivity index (χ1) is 10.0. The topological polar surface area (TPSA) is 40.5 Å². The van der Waals surface area contributed by atoms with E-state index in [1.807, 2.05) is 18.2 Å². The summed E-state index contributed by atoms with van der Waals surface area (Å²) in [6.07, 6.45) is 0.495. The normalized spacial score (nSPS) is 14.0. The third-order valence-electron chi connectivity index (χ3n) is 4.13. The third-order valence-corrected chi connectivity index (χ3v) is 4.13. The van der Waals surface area contributed by atoms with Crippen LogP contribution < -0.4 is 0 Å². The predicted octanol–water partition coefficient (Wildman–Crippen LogP) is 3.43. The molecule has 2 heteroatoms. The zero-order chi connectivity index (χ0) is 15.0. The molecule has 0 bridgehead atoms. The highest BCUT2D eigenvalue weighted by Gasteiger charge is 2.35. The van der Waals surface area contributed by atoms with Crippen LogP contribution in [0.3, 0.4) is 0 Å². The van der Waals surface area contributed by atoms with Crippen LogP contribution in [0.25, 0.3) is 11.1 Å². The number of phenolic OH excluding ortho intramolecular Hbond substituents is 1. The Morgan fingerprint density at radius 2 is 1.67 bits per heavy atom. The number of hydrogen-bond acceptors (Lipinski definition) is 2. The van der Waals surface area contributed by atoms with E-state index < -0.39 is 0 Å². The van der Waals surface area contributed by atoms with Crippen molar-refractivity contribution in [3.05, 3.63) is 53.1 Å². The van der Waals surface area contributed by atoms with E-state index in [-0.39, 0.29) is 12.0 Å². The Morgan fingerprint density at radius 1 is 1.00 bits per heavy atom. The Bertz CT molecular complexity index is 761. The Labute approximate surface area is 125 Å². The average Bonchev–Trinajstić information content (AvgIpc) is 2.68. The minimum Gasteiger partial charge on any atom is -0.508 e. The molecule has 0 spiro atoms. The van der Waals surface area contributed by atoms with Crippen molar-refractivity contribution in [2.45, 2.75) is 25.7 Å². The van der Waals surface area contributed by atoms with Crippen LogP contribution in [0.5, 0.6) is 5.75 Å².